The molecule has 0 spiro atoms. The van der Waals surface area contributed by atoms with E-state index in [0.29, 0.717) is 24.4 Å². The molecule has 0 aliphatic carbocycles. The summed E-state index contributed by atoms with van der Waals surface area (Å²) in [6, 6.07) is 16.6. The van der Waals surface area contributed by atoms with E-state index in [0.717, 1.165) is 22.4 Å². The standard InChI is InChI=1S/C24H25N3O3/c1-17-6-7-18(2)22(14-17)30-13-10-23(28)26-16-19-4-3-5-20(15-19)24(29)27-21-8-11-25-12-9-21/h3-9,11-12,14-15H,10,13,16H2,1-2H3,(H,26,28)(H,25,27,29). The Hall–Kier alpha value is -3.67. The number of aryl methyl sites for hydroxylation is 2. The van der Waals surface area contributed by atoms with Crippen LogP contribution in [0.3, 0.4) is 0 Å². The maximum atomic E-state index is 12.4. The zero-order valence-corrected chi connectivity index (χ0v) is 17.1. The van der Waals surface area contributed by atoms with Gasteiger partial charge in [0.05, 0.1) is 13.0 Å². The summed E-state index contributed by atoms with van der Waals surface area (Å²) in [5.41, 5.74) is 4.21. The largest absolute Gasteiger partial charge is 0.493 e. The first-order chi connectivity index (χ1) is 14.5. The second-order valence-electron chi connectivity index (χ2n) is 7.03. The lowest BCUT2D eigenvalue weighted by molar-refractivity contribution is -0.121. The van der Waals surface area contributed by atoms with Crippen LogP contribution in [-0.2, 0) is 11.3 Å². The van der Waals surface area contributed by atoms with Gasteiger partial charge in [-0.1, -0.05) is 24.3 Å². The second kappa shape index (κ2) is 10.2. The number of ether oxygens (including phenoxy) is 1. The smallest absolute Gasteiger partial charge is 0.255 e. The average molecular weight is 403 g/mol. The molecule has 6 heteroatoms. The summed E-state index contributed by atoms with van der Waals surface area (Å²) in [5, 5.41) is 5.69. The van der Waals surface area contributed by atoms with Crippen LogP contribution in [0.4, 0.5) is 5.69 Å². The lowest BCUT2D eigenvalue weighted by Gasteiger charge is -2.11. The highest BCUT2D eigenvalue weighted by Gasteiger charge is 2.08. The van der Waals surface area contributed by atoms with Crippen LogP contribution in [0.5, 0.6) is 5.75 Å². The zero-order chi connectivity index (χ0) is 21.3. The molecular weight excluding hydrogens is 378 g/mol. The molecule has 0 radical (unpaired) electrons. The number of amides is 2. The fraction of sp³-hybridized carbons (Fsp3) is 0.208. The number of anilines is 1. The second-order valence-corrected chi connectivity index (χ2v) is 7.03. The minimum absolute atomic E-state index is 0.105. The van der Waals surface area contributed by atoms with Crippen LogP contribution in [0.2, 0.25) is 0 Å². The van der Waals surface area contributed by atoms with Crippen molar-refractivity contribution in [1.29, 1.82) is 0 Å². The van der Waals surface area contributed by atoms with Crippen molar-refractivity contribution >= 4 is 17.5 Å². The van der Waals surface area contributed by atoms with E-state index in [4.69, 9.17) is 4.74 Å². The normalized spacial score (nSPS) is 10.3. The predicted octanol–water partition coefficient (Wildman–Crippen LogP) is 4.04. The minimum atomic E-state index is -0.212. The minimum Gasteiger partial charge on any atom is -0.493 e. The molecule has 0 saturated heterocycles. The Kier molecular flexibility index (Phi) is 7.16. The number of nitrogens with zero attached hydrogens (tertiary/aromatic N) is 1. The van der Waals surface area contributed by atoms with Gasteiger partial charge in [-0.25, -0.2) is 0 Å². The SMILES string of the molecule is Cc1ccc(C)c(OCCC(=O)NCc2cccc(C(=O)Nc3ccncc3)c2)c1. The van der Waals surface area contributed by atoms with Gasteiger partial charge in [-0.2, -0.15) is 0 Å². The van der Waals surface area contributed by atoms with Crippen LogP contribution in [-0.4, -0.2) is 23.4 Å². The fourth-order valence-electron chi connectivity index (χ4n) is 2.87. The number of pyridine rings is 1. The van der Waals surface area contributed by atoms with Crippen molar-refractivity contribution in [2.45, 2.75) is 26.8 Å². The molecule has 1 aromatic heterocycles. The van der Waals surface area contributed by atoms with E-state index < -0.39 is 0 Å². The summed E-state index contributed by atoms with van der Waals surface area (Å²) in [6.45, 7) is 4.64. The van der Waals surface area contributed by atoms with E-state index >= 15 is 0 Å². The first-order valence-corrected chi connectivity index (χ1v) is 9.78. The number of rotatable bonds is 8. The van der Waals surface area contributed by atoms with E-state index in [9.17, 15) is 9.59 Å². The average Bonchev–Trinajstić information content (AvgIpc) is 2.75. The van der Waals surface area contributed by atoms with Gasteiger partial charge in [-0.05, 0) is 60.9 Å². The molecule has 0 saturated carbocycles. The van der Waals surface area contributed by atoms with Gasteiger partial charge in [0, 0.05) is 30.2 Å². The van der Waals surface area contributed by atoms with Crippen molar-refractivity contribution in [2.75, 3.05) is 11.9 Å². The Labute approximate surface area is 176 Å². The van der Waals surface area contributed by atoms with E-state index in [1.165, 1.54) is 0 Å². The zero-order valence-electron chi connectivity index (χ0n) is 17.1. The number of carbonyl (C=O) groups excluding carboxylic acids is 2. The van der Waals surface area contributed by atoms with Crippen LogP contribution in [0.1, 0.15) is 33.5 Å². The Balaban J connectivity index is 1.47. The molecule has 1 heterocycles. The molecule has 6 nitrogen and oxygen atoms in total. The number of hydrogen-bond donors (Lipinski definition) is 2. The summed E-state index contributed by atoms with van der Waals surface area (Å²) in [7, 11) is 0. The van der Waals surface area contributed by atoms with Gasteiger partial charge in [0.15, 0.2) is 0 Å². The lowest BCUT2D eigenvalue weighted by atomic mass is 10.1. The molecule has 2 amide bonds. The van der Waals surface area contributed by atoms with Crippen molar-refractivity contribution < 1.29 is 14.3 Å². The molecule has 154 valence electrons. The molecule has 0 bridgehead atoms. The van der Waals surface area contributed by atoms with Gasteiger partial charge in [0.2, 0.25) is 5.91 Å². The first-order valence-electron chi connectivity index (χ1n) is 9.78. The third-order valence-electron chi connectivity index (χ3n) is 4.55. The maximum Gasteiger partial charge on any atom is 0.255 e. The Morgan fingerprint density at radius 2 is 1.80 bits per heavy atom. The topological polar surface area (TPSA) is 80.3 Å². The third-order valence-corrected chi connectivity index (χ3v) is 4.55. The lowest BCUT2D eigenvalue weighted by Crippen LogP contribution is -2.24. The number of benzene rings is 2. The molecule has 0 unspecified atom stereocenters. The number of nitrogens with one attached hydrogen (secondary N) is 2. The summed E-state index contributed by atoms with van der Waals surface area (Å²) < 4.78 is 5.73. The van der Waals surface area contributed by atoms with Crippen LogP contribution < -0.4 is 15.4 Å². The highest BCUT2D eigenvalue weighted by molar-refractivity contribution is 6.04. The van der Waals surface area contributed by atoms with Crippen LogP contribution >= 0.6 is 0 Å². The van der Waals surface area contributed by atoms with E-state index in [2.05, 4.69) is 15.6 Å². The van der Waals surface area contributed by atoms with E-state index in [1.54, 1.807) is 42.7 Å². The predicted molar refractivity (Wildman–Crippen MR) is 117 cm³/mol. The number of aromatic nitrogens is 1. The van der Waals surface area contributed by atoms with Gasteiger partial charge < -0.3 is 15.4 Å². The Bertz CT molecular complexity index is 1020. The number of carbonyl (C=O) groups is 2. The highest BCUT2D eigenvalue weighted by atomic mass is 16.5. The third kappa shape index (κ3) is 6.17. The first kappa shape index (κ1) is 21.0. The molecule has 0 fully saturated rings. The van der Waals surface area contributed by atoms with Crippen LogP contribution in [0, 0.1) is 13.8 Å². The van der Waals surface area contributed by atoms with Crippen molar-refractivity contribution in [3.8, 4) is 5.75 Å². The Morgan fingerprint density at radius 3 is 2.60 bits per heavy atom. The molecule has 2 aromatic carbocycles. The van der Waals surface area contributed by atoms with E-state index in [1.807, 2.05) is 38.1 Å². The fourth-order valence-corrected chi connectivity index (χ4v) is 2.87. The molecule has 2 N–H and O–H groups in total. The molecule has 0 atom stereocenters. The molecule has 3 aromatic rings. The van der Waals surface area contributed by atoms with Crippen molar-refractivity contribution in [2.24, 2.45) is 0 Å². The van der Waals surface area contributed by atoms with Gasteiger partial charge in [-0.3, -0.25) is 14.6 Å². The van der Waals surface area contributed by atoms with Crippen LogP contribution in [0.25, 0.3) is 0 Å². The molecule has 0 aliphatic rings. The Morgan fingerprint density at radius 1 is 1.00 bits per heavy atom. The molecular formula is C24H25N3O3. The number of hydrogen-bond acceptors (Lipinski definition) is 4. The summed E-state index contributed by atoms with van der Waals surface area (Å²) in [6.07, 6.45) is 3.49. The van der Waals surface area contributed by atoms with Gasteiger partial charge in [0.25, 0.3) is 5.91 Å². The summed E-state index contributed by atoms with van der Waals surface area (Å²) >= 11 is 0. The monoisotopic (exact) mass is 403 g/mol. The highest BCUT2D eigenvalue weighted by Crippen LogP contribution is 2.19. The summed E-state index contributed by atoms with van der Waals surface area (Å²) in [4.78, 5) is 28.5. The van der Waals surface area contributed by atoms with Crippen molar-refractivity contribution in [1.82, 2.24) is 10.3 Å². The van der Waals surface area contributed by atoms with Crippen LogP contribution in [0.15, 0.2) is 67.0 Å². The molecule has 0 aliphatic heterocycles. The van der Waals surface area contributed by atoms with Crippen molar-refractivity contribution in [3.63, 3.8) is 0 Å². The molecule has 3 rings (SSSR count). The van der Waals surface area contributed by atoms with Gasteiger partial charge in [0.1, 0.15) is 5.75 Å². The van der Waals surface area contributed by atoms with Crippen molar-refractivity contribution in [3.05, 3.63) is 89.2 Å². The summed E-state index contributed by atoms with van der Waals surface area (Å²) in [5.74, 6) is 0.485. The van der Waals surface area contributed by atoms with Gasteiger partial charge >= 0.3 is 0 Å². The van der Waals surface area contributed by atoms with E-state index in [-0.39, 0.29) is 18.2 Å². The quantitative estimate of drug-likeness (QED) is 0.595. The van der Waals surface area contributed by atoms with Gasteiger partial charge in [-0.15, -0.1) is 0 Å². The maximum absolute atomic E-state index is 12.4. The molecule has 30 heavy (non-hydrogen) atoms.